The van der Waals surface area contributed by atoms with Crippen molar-refractivity contribution in [3.63, 3.8) is 0 Å². The van der Waals surface area contributed by atoms with Gasteiger partial charge in [0, 0.05) is 26.0 Å². The molecule has 1 aromatic rings. The monoisotopic (exact) mass is 240 g/mol. The van der Waals surface area contributed by atoms with Gasteiger partial charge in [0.2, 0.25) is 0 Å². The SMILES string of the molecule is COCC(C)CNc1nccnc1C(N)=S. The van der Waals surface area contributed by atoms with Crippen LogP contribution < -0.4 is 11.1 Å². The summed E-state index contributed by atoms with van der Waals surface area (Å²) in [5.41, 5.74) is 6.07. The largest absolute Gasteiger partial charge is 0.388 e. The molecule has 1 rings (SSSR count). The molecule has 0 saturated heterocycles. The molecule has 1 aromatic heterocycles. The number of hydrogen-bond acceptors (Lipinski definition) is 5. The van der Waals surface area contributed by atoms with Crippen molar-refractivity contribution < 1.29 is 4.74 Å². The lowest BCUT2D eigenvalue weighted by atomic mass is 10.2. The van der Waals surface area contributed by atoms with E-state index < -0.39 is 0 Å². The van der Waals surface area contributed by atoms with Crippen LogP contribution >= 0.6 is 12.2 Å². The number of hydrogen-bond donors (Lipinski definition) is 2. The van der Waals surface area contributed by atoms with Gasteiger partial charge in [0.15, 0.2) is 5.82 Å². The number of rotatable bonds is 6. The van der Waals surface area contributed by atoms with E-state index in [1.807, 2.05) is 0 Å². The van der Waals surface area contributed by atoms with Gasteiger partial charge in [-0.15, -0.1) is 0 Å². The second kappa shape index (κ2) is 6.34. The van der Waals surface area contributed by atoms with E-state index in [0.29, 0.717) is 24.0 Å². The summed E-state index contributed by atoms with van der Waals surface area (Å²) in [5.74, 6) is 1.00. The van der Waals surface area contributed by atoms with Gasteiger partial charge in [-0.05, 0) is 5.92 Å². The van der Waals surface area contributed by atoms with Gasteiger partial charge in [-0.25, -0.2) is 9.97 Å². The maximum Gasteiger partial charge on any atom is 0.155 e. The van der Waals surface area contributed by atoms with Crippen molar-refractivity contribution in [1.29, 1.82) is 0 Å². The van der Waals surface area contributed by atoms with Crippen molar-refractivity contribution >= 4 is 23.0 Å². The second-order valence-electron chi connectivity index (χ2n) is 3.56. The van der Waals surface area contributed by atoms with E-state index in [4.69, 9.17) is 22.7 Å². The van der Waals surface area contributed by atoms with E-state index in [1.54, 1.807) is 19.5 Å². The minimum Gasteiger partial charge on any atom is -0.388 e. The molecule has 0 aromatic carbocycles. The van der Waals surface area contributed by atoms with Crippen LogP contribution in [0.5, 0.6) is 0 Å². The highest BCUT2D eigenvalue weighted by atomic mass is 32.1. The minimum atomic E-state index is 0.245. The van der Waals surface area contributed by atoms with E-state index in [-0.39, 0.29) is 4.99 Å². The topological polar surface area (TPSA) is 73.1 Å². The van der Waals surface area contributed by atoms with Gasteiger partial charge in [0.1, 0.15) is 10.7 Å². The van der Waals surface area contributed by atoms with Crippen molar-refractivity contribution in [1.82, 2.24) is 9.97 Å². The lowest BCUT2D eigenvalue weighted by Gasteiger charge is -2.13. The van der Waals surface area contributed by atoms with Crippen molar-refractivity contribution in [3.8, 4) is 0 Å². The number of nitrogens with one attached hydrogen (secondary N) is 1. The van der Waals surface area contributed by atoms with Gasteiger partial charge in [-0.1, -0.05) is 19.1 Å². The Hall–Kier alpha value is -1.27. The van der Waals surface area contributed by atoms with Crippen LogP contribution in [-0.2, 0) is 4.74 Å². The molecule has 1 heterocycles. The van der Waals surface area contributed by atoms with E-state index in [2.05, 4.69) is 22.2 Å². The van der Waals surface area contributed by atoms with Crippen LogP contribution in [0.25, 0.3) is 0 Å². The summed E-state index contributed by atoms with van der Waals surface area (Å²) >= 11 is 4.89. The Bertz CT molecular complexity index is 358. The summed E-state index contributed by atoms with van der Waals surface area (Å²) in [5, 5.41) is 3.16. The molecular weight excluding hydrogens is 224 g/mol. The molecule has 88 valence electrons. The smallest absolute Gasteiger partial charge is 0.155 e. The lowest BCUT2D eigenvalue weighted by molar-refractivity contribution is 0.164. The maximum absolute atomic E-state index is 5.54. The molecule has 1 unspecified atom stereocenters. The van der Waals surface area contributed by atoms with E-state index in [9.17, 15) is 0 Å². The zero-order chi connectivity index (χ0) is 12.0. The Morgan fingerprint density at radius 1 is 1.56 bits per heavy atom. The number of aromatic nitrogens is 2. The fourth-order valence-electron chi connectivity index (χ4n) is 1.26. The molecule has 6 heteroatoms. The Morgan fingerprint density at radius 3 is 2.88 bits per heavy atom. The first kappa shape index (κ1) is 12.8. The molecule has 16 heavy (non-hydrogen) atoms. The van der Waals surface area contributed by atoms with Crippen LogP contribution in [0.3, 0.4) is 0 Å². The summed E-state index contributed by atoms with van der Waals surface area (Å²) in [6, 6.07) is 0. The molecule has 5 nitrogen and oxygen atoms in total. The first-order valence-electron chi connectivity index (χ1n) is 4.98. The number of nitrogens with two attached hydrogens (primary N) is 1. The summed E-state index contributed by atoms with van der Waals surface area (Å²) in [7, 11) is 1.68. The molecule has 0 spiro atoms. The summed E-state index contributed by atoms with van der Waals surface area (Å²) in [4.78, 5) is 8.48. The number of thiocarbonyl (C=S) groups is 1. The number of nitrogens with zero attached hydrogens (tertiary/aromatic N) is 2. The fraction of sp³-hybridized carbons (Fsp3) is 0.500. The van der Waals surface area contributed by atoms with Crippen molar-refractivity contribution in [2.24, 2.45) is 11.7 Å². The van der Waals surface area contributed by atoms with Crippen LogP contribution in [0.2, 0.25) is 0 Å². The minimum absolute atomic E-state index is 0.245. The highest BCUT2D eigenvalue weighted by Crippen LogP contribution is 2.08. The normalized spacial score (nSPS) is 12.1. The molecule has 0 aliphatic carbocycles. The molecular formula is C10H16N4OS. The first-order chi connectivity index (χ1) is 7.65. The molecule has 3 N–H and O–H groups in total. The molecule has 0 aliphatic heterocycles. The molecule has 0 bridgehead atoms. The Morgan fingerprint density at radius 2 is 2.25 bits per heavy atom. The van der Waals surface area contributed by atoms with E-state index >= 15 is 0 Å². The van der Waals surface area contributed by atoms with Crippen LogP contribution in [0.1, 0.15) is 12.6 Å². The number of anilines is 1. The quantitative estimate of drug-likeness (QED) is 0.717. The van der Waals surface area contributed by atoms with Crippen molar-refractivity contribution in [2.45, 2.75) is 6.92 Å². The van der Waals surface area contributed by atoms with Gasteiger partial charge >= 0.3 is 0 Å². The summed E-state index contributed by atoms with van der Waals surface area (Å²) in [6.45, 7) is 3.51. The first-order valence-corrected chi connectivity index (χ1v) is 5.39. The Kier molecular flexibility index (Phi) is 5.07. The maximum atomic E-state index is 5.54. The Balaban J connectivity index is 2.63. The van der Waals surface area contributed by atoms with Crippen LogP contribution in [0, 0.1) is 5.92 Å². The van der Waals surface area contributed by atoms with Crippen molar-refractivity contribution in [2.75, 3.05) is 25.6 Å². The second-order valence-corrected chi connectivity index (χ2v) is 4.00. The van der Waals surface area contributed by atoms with Crippen LogP contribution in [-0.4, -0.2) is 35.2 Å². The fourth-order valence-corrected chi connectivity index (χ4v) is 1.41. The molecule has 0 amide bonds. The zero-order valence-electron chi connectivity index (χ0n) is 9.43. The predicted molar refractivity (Wildman–Crippen MR) is 67.4 cm³/mol. The number of methoxy groups -OCH3 is 1. The third-order valence-electron chi connectivity index (χ3n) is 2.00. The van der Waals surface area contributed by atoms with Crippen molar-refractivity contribution in [3.05, 3.63) is 18.1 Å². The third-order valence-corrected chi connectivity index (χ3v) is 2.19. The highest BCUT2D eigenvalue weighted by molar-refractivity contribution is 7.80. The molecule has 0 saturated carbocycles. The van der Waals surface area contributed by atoms with E-state index in [0.717, 1.165) is 6.54 Å². The molecule has 0 fully saturated rings. The van der Waals surface area contributed by atoms with Gasteiger partial charge in [-0.3, -0.25) is 0 Å². The highest BCUT2D eigenvalue weighted by Gasteiger charge is 2.08. The van der Waals surface area contributed by atoms with Gasteiger partial charge in [-0.2, -0.15) is 0 Å². The van der Waals surface area contributed by atoms with Gasteiger partial charge < -0.3 is 15.8 Å². The Labute approximate surface area is 100 Å². The zero-order valence-corrected chi connectivity index (χ0v) is 10.3. The van der Waals surface area contributed by atoms with Crippen LogP contribution in [0.15, 0.2) is 12.4 Å². The van der Waals surface area contributed by atoms with Crippen LogP contribution in [0.4, 0.5) is 5.82 Å². The molecule has 1 atom stereocenters. The predicted octanol–water partition coefficient (Wildman–Crippen LogP) is 0.805. The third kappa shape index (κ3) is 3.71. The average molecular weight is 240 g/mol. The van der Waals surface area contributed by atoms with Gasteiger partial charge in [0.05, 0.1) is 6.61 Å². The molecule has 0 aliphatic rings. The molecule has 0 radical (unpaired) electrons. The lowest BCUT2D eigenvalue weighted by Crippen LogP contribution is -2.20. The van der Waals surface area contributed by atoms with E-state index in [1.165, 1.54) is 0 Å². The standard InChI is InChI=1S/C10H16N4OS/c1-7(6-15-2)5-14-10-8(9(11)16)12-3-4-13-10/h3-4,7H,5-6H2,1-2H3,(H2,11,16)(H,13,14). The summed E-state index contributed by atoms with van der Waals surface area (Å²) < 4.78 is 5.04. The number of ether oxygens (including phenoxy) is 1. The summed E-state index contributed by atoms with van der Waals surface area (Å²) in [6.07, 6.45) is 3.17. The average Bonchev–Trinajstić information content (AvgIpc) is 2.27. The van der Waals surface area contributed by atoms with Gasteiger partial charge in [0.25, 0.3) is 0 Å².